The van der Waals surface area contributed by atoms with Crippen LogP contribution in [0.3, 0.4) is 0 Å². The molecule has 0 unspecified atom stereocenters. The van der Waals surface area contributed by atoms with Gasteiger partial charge in [0.1, 0.15) is 0 Å². The van der Waals surface area contributed by atoms with Crippen molar-refractivity contribution in [2.24, 2.45) is 5.92 Å². The van der Waals surface area contributed by atoms with Crippen molar-refractivity contribution in [2.45, 2.75) is 66.1 Å². The van der Waals surface area contributed by atoms with Crippen LogP contribution >= 0.6 is 0 Å². The summed E-state index contributed by atoms with van der Waals surface area (Å²) >= 11 is 0. The van der Waals surface area contributed by atoms with Crippen molar-refractivity contribution in [1.82, 2.24) is 0 Å². The van der Waals surface area contributed by atoms with E-state index >= 15 is 0 Å². The predicted octanol–water partition coefficient (Wildman–Crippen LogP) is 3.63. The molecule has 0 heterocycles. The van der Waals surface area contributed by atoms with Crippen molar-refractivity contribution in [3.05, 3.63) is 0 Å². The van der Waals surface area contributed by atoms with E-state index in [1.54, 1.807) is 0 Å². The highest BCUT2D eigenvalue weighted by molar-refractivity contribution is 4.75. The summed E-state index contributed by atoms with van der Waals surface area (Å²) in [6.45, 7) is 15.1. The van der Waals surface area contributed by atoms with Gasteiger partial charge in [0.15, 0.2) is 0 Å². The van der Waals surface area contributed by atoms with E-state index in [-0.39, 0.29) is 11.2 Å². The molecule has 0 saturated heterocycles. The lowest BCUT2D eigenvalue weighted by Gasteiger charge is -2.35. The monoisotopic (exact) mass is 172 g/mol. The van der Waals surface area contributed by atoms with Crippen LogP contribution in [0.4, 0.5) is 0 Å². The fourth-order valence-electron chi connectivity index (χ4n) is 1.85. The molecule has 0 aliphatic rings. The first kappa shape index (κ1) is 12.0. The second-order valence-corrected chi connectivity index (χ2v) is 5.57. The lowest BCUT2D eigenvalue weighted by atomic mass is 9.95. The van der Waals surface area contributed by atoms with Crippen LogP contribution in [0, 0.1) is 5.92 Å². The molecule has 0 bridgehead atoms. The van der Waals surface area contributed by atoms with E-state index < -0.39 is 0 Å². The predicted molar refractivity (Wildman–Crippen MR) is 54.4 cm³/mol. The van der Waals surface area contributed by atoms with Crippen molar-refractivity contribution in [3.8, 4) is 0 Å². The standard InChI is InChI=1S/C11H24O/c1-9(2)8-11(6,7)12-10(3,4)5/h9H,8H2,1-7H3. The summed E-state index contributed by atoms with van der Waals surface area (Å²) in [5.74, 6) is 0.697. The van der Waals surface area contributed by atoms with Gasteiger partial charge in [-0.3, -0.25) is 0 Å². The highest BCUT2D eigenvalue weighted by Crippen LogP contribution is 2.25. The largest absolute Gasteiger partial charge is 0.370 e. The Balaban J connectivity index is 4.04. The third-order valence-electron chi connectivity index (χ3n) is 1.48. The summed E-state index contributed by atoms with van der Waals surface area (Å²) in [7, 11) is 0. The van der Waals surface area contributed by atoms with Crippen molar-refractivity contribution < 1.29 is 4.74 Å². The zero-order valence-corrected chi connectivity index (χ0v) is 9.69. The topological polar surface area (TPSA) is 9.23 Å². The minimum Gasteiger partial charge on any atom is -0.370 e. The van der Waals surface area contributed by atoms with Crippen molar-refractivity contribution in [2.75, 3.05) is 0 Å². The maximum Gasteiger partial charge on any atom is 0.0636 e. The fourth-order valence-corrected chi connectivity index (χ4v) is 1.85. The normalized spacial score (nSPS) is 14.0. The average Bonchev–Trinajstić information content (AvgIpc) is 1.48. The van der Waals surface area contributed by atoms with Gasteiger partial charge in [-0.05, 0) is 47.0 Å². The zero-order valence-electron chi connectivity index (χ0n) is 9.69. The van der Waals surface area contributed by atoms with E-state index in [4.69, 9.17) is 4.74 Å². The third-order valence-corrected chi connectivity index (χ3v) is 1.48. The molecule has 1 nitrogen and oxygen atoms in total. The van der Waals surface area contributed by atoms with Crippen molar-refractivity contribution in [3.63, 3.8) is 0 Å². The summed E-state index contributed by atoms with van der Waals surface area (Å²) in [5.41, 5.74) is -0.0230. The van der Waals surface area contributed by atoms with Crippen LogP contribution in [0.15, 0.2) is 0 Å². The minimum atomic E-state index is -0.0294. The van der Waals surface area contributed by atoms with Gasteiger partial charge in [0, 0.05) is 0 Å². The van der Waals surface area contributed by atoms with Crippen LogP contribution in [-0.4, -0.2) is 11.2 Å². The Hall–Kier alpha value is -0.0400. The van der Waals surface area contributed by atoms with Gasteiger partial charge in [0.2, 0.25) is 0 Å². The van der Waals surface area contributed by atoms with Gasteiger partial charge >= 0.3 is 0 Å². The van der Waals surface area contributed by atoms with Crippen LogP contribution in [0.1, 0.15) is 54.9 Å². The molecule has 0 rings (SSSR count). The summed E-state index contributed by atoms with van der Waals surface area (Å²) in [6.07, 6.45) is 1.12. The number of ether oxygens (including phenoxy) is 1. The molecule has 74 valence electrons. The Morgan fingerprint density at radius 1 is 1.00 bits per heavy atom. The molecule has 0 aromatic carbocycles. The fraction of sp³-hybridized carbons (Fsp3) is 1.00. The molecule has 0 spiro atoms. The lowest BCUT2D eigenvalue weighted by molar-refractivity contribution is -0.120. The summed E-state index contributed by atoms with van der Waals surface area (Å²) in [6, 6.07) is 0. The van der Waals surface area contributed by atoms with Gasteiger partial charge in [0.05, 0.1) is 11.2 Å². The van der Waals surface area contributed by atoms with Gasteiger partial charge in [-0.1, -0.05) is 13.8 Å². The summed E-state index contributed by atoms with van der Waals surface area (Å²) < 4.78 is 5.94. The Kier molecular flexibility index (Phi) is 3.77. The van der Waals surface area contributed by atoms with E-state index in [1.807, 2.05) is 0 Å². The van der Waals surface area contributed by atoms with E-state index in [0.717, 1.165) is 6.42 Å². The van der Waals surface area contributed by atoms with Gasteiger partial charge in [-0.15, -0.1) is 0 Å². The Morgan fingerprint density at radius 3 is 1.67 bits per heavy atom. The maximum absolute atomic E-state index is 5.94. The Morgan fingerprint density at radius 2 is 1.42 bits per heavy atom. The molecule has 0 radical (unpaired) electrons. The van der Waals surface area contributed by atoms with Crippen molar-refractivity contribution >= 4 is 0 Å². The first-order valence-corrected chi connectivity index (χ1v) is 4.82. The first-order chi connectivity index (χ1) is 5.12. The smallest absolute Gasteiger partial charge is 0.0636 e. The quantitative estimate of drug-likeness (QED) is 0.631. The van der Waals surface area contributed by atoms with Crippen molar-refractivity contribution in [1.29, 1.82) is 0 Å². The third kappa shape index (κ3) is 6.66. The number of hydrogen-bond donors (Lipinski definition) is 0. The number of hydrogen-bond acceptors (Lipinski definition) is 1. The van der Waals surface area contributed by atoms with E-state index in [9.17, 15) is 0 Å². The lowest BCUT2D eigenvalue weighted by Crippen LogP contribution is -2.35. The van der Waals surface area contributed by atoms with Gasteiger partial charge in [-0.25, -0.2) is 0 Å². The van der Waals surface area contributed by atoms with Crippen LogP contribution in [-0.2, 0) is 4.74 Å². The van der Waals surface area contributed by atoms with Gasteiger partial charge in [-0.2, -0.15) is 0 Å². The van der Waals surface area contributed by atoms with Crippen LogP contribution in [0.25, 0.3) is 0 Å². The van der Waals surface area contributed by atoms with Crippen LogP contribution < -0.4 is 0 Å². The molecule has 0 aliphatic carbocycles. The molecule has 0 fully saturated rings. The molecule has 1 heteroatoms. The summed E-state index contributed by atoms with van der Waals surface area (Å²) in [4.78, 5) is 0. The molecular weight excluding hydrogens is 148 g/mol. The molecule has 0 N–H and O–H groups in total. The first-order valence-electron chi connectivity index (χ1n) is 4.82. The molecule has 0 aromatic rings. The Bertz CT molecular complexity index is 128. The maximum atomic E-state index is 5.94. The molecule has 0 saturated carbocycles. The average molecular weight is 172 g/mol. The van der Waals surface area contributed by atoms with Crippen LogP contribution in [0.2, 0.25) is 0 Å². The zero-order chi connectivity index (χ0) is 9.99. The SMILES string of the molecule is CC(C)CC(C)(C)OC(C)(C)C. The van der Waals surface area contributed by atoms with E-state index in [0.29, 0.717) is 5.92 Å². The molecule has 0 aromatic heterocycles. The molecular formula is C11H24O. The highest BCUT2D eigenvalue weighted by Gasteiger charge is 2.26. The number of rotatable bonds is 3. The van der Waals surface area contributed by atoms with E-state index in [1.165, 1.54) is 0 Å². The molecule has 0 aliphatic heterocycles. The highest BCUT2D eigenvalue weighted by atomic mass is 16.5. The van der Waals surface area contributed by atoms with E-state index in [2.05, 4.69) is 48.5 Å². The molecule has 0 atom stereocenters. The summed E-state index contributed by atoms with van der Waals surface area (Å²) in [5, 5.41) is 0. The minimum absolute atomic E-state index is 0.00637. The Labute approximate surface area is 77.5 Å². The van der Waals surface area contributed by atoms with Crippen LogP contribution in [0.5, 0.6) is 0 Å². The molecule has 0 amide bonds. The second-order valence-electron chi connectivity index (χ2n) is 5.57. The molecule has 12 heavy (non-hydrogen) atoms. The van der Waals surface area contributed by atoms with Gasteiger partial charge < -0.3 is 4.74 Å². The second kappa shape index (κ2) is 3.78. The van der Waals surface area contributed by atoms with Gasteiger partial charge in [0.25, 0.3) is 0 Å².